The average molecular weight is 411 g/mol. The Morgan fingerprint density at radius 3 is 2.66 bits per heavy atom. The van der Waals surface area contributed by atoms with Gasteiger partial charge in [0.2, 0.25) is 11.9 Å². The number of ether oxygens (including phenoxy) is 1. The summed E-state index contributed by atoms with van der Waals surface area (Å²) in [5, 5.41) is 11.4. The number of nitrogens with one attached hydrogen (secondary N) is 1. The predicted octanol–water partition coefficient (Wildman–Crippen LogP) is 3.14. The molecule has 3 aromatic rings. The molecule has 3 rings (SSSR count). The van der Waals surface area contributed by atoms with Crippen molar-refractivity contribution in [2.75, 3.05) is 18.2 Å². The van der Waals surface area contributed by atoms with Crippen molar-refractivity contribution in [2.45, 2.75) is 23.9 Å². The molecule has 29 heavy (non-hydrogen) atoms. The quantitative estimate of drug-likeness (QED) is 0.454. The van der Waals surface area contributed by atoms with Crippen LogP contribution < -0.4 is 11.1 Å². The number of hydrogen-bond acceptors (Lipinski definition) is 7. The Hall–Kier alpha value is -3.33. The molecule has 1 heterocycles. The van der Waals surface area contributed by atoms with Crippen LogP contribution in [-0.2, 0) is 15.3 Å². The first kappa shape index (κ1) is 20.4. The summed E-state index contributed by atoms with van der Waals surface area (Å²) in [5.41, 5.74) is 7.92. The minimum Gasteiger partial charge on any atom is -0.465 e. The SMILES string of the molecule is COC(=O)c1cccc(NC(=O)C(C)n2c(N)nnc2SCc2ccccc2)c1. The van der Waals surface area contributed by atoms with E-state index in [1.54, 1.807) is 35.8 Å². The topological polar surface area (TPSA) is 112 Å². The molecule has 1 atom stereocenters. The standard InChI is InChI=1S/C20H21N5O3S/c1-13(17(26)22-16-10-6-9-15(11-16)18(27)28-2)25-19(21)23-24-20(25)29-12-14-7-4-3-5-8-14/h3-11,13H,12H2,1-2H3,(H2,21,23)(H,22,26). The van der Waals surface area contributed by atoms with E-state index < -0.39 is 12.0 Å². The summed E-state index contributed by atoms with van der Waals surface area (Å²) in [6.07, 6.45) is 0. The van der Waals surface area contributed by atoms with Crippen LogP contribution in [0.3, 0.4) is 0 Å². The highest BCUT2D eigenvalue weighted by atomic mass is 32.2. The Labute approximate surface area is 172 Å². The average Bonchev–Trinajstić information content (AvgIpc) is 3.12. The molecule has 0 saturated heterocycles. The molecular formula is C20H21N5O3S. The van der Waals surface area contributed by atoms with Crippen molar-refractivity contribution in [1.29, 1.82) is 0 Å². The first-order valence-electron chi connectivity index (χ1n) is 8.86. The highest BCUT2D eigenvalue weighted by Crippen LogP contribution is 2.26. The van der Waals surface area contributed by atoms with E-state index in [1.807, 2.05) is 30.3 Å². The van der Waals surface area contributed by atoms with Gasteiger partial charge in [-0.3, -0.25) is 9.36 Å². The van der Waals surface area contributed by atoms with Crippen LogP contribution in [0, 0.1) is 0 Å². The highest BCUT2D eigenvalue weighted by molar-refractivity contribution is 7.98. The van der Waals surface area contributed by atoms with Gasteiger partial charge in [-0.2, -0.15) is 0 Å². The van der Waals surface area contributed by atoms with Gasteiger partial charge in [0.25, 0.3) is 0 Å². The largest absolute Gasteiger partial charge is 0.465 e. The lowest BCUT2D eigenvalue weighted by atomic mass is 10.2. The molecule has 0 aliphatic rings. The van der Waals surface area contributed by atoms with Gasteiger partial charge in [0, 0.05) is 11.4 Å². The summed E-state index contributed by atoms with van der Waals surface area (Å²) in [4.78, 5) is 24.4. The van der Waals surface area contributed by atoms with Crippen molar-refractivity contribution >= 4 is 35.3 Å². The molecule has 1 unspecified atom stereocenters. The molecule has 0 saturated carbocycles. The van der Waals surface area contributed by atoms with Crippen molar-refractivity contribution in [3.8, 4) is 0 Å². The van der Waals surface area contributed by atoms with Gasteiger partial charge in [-0.25, -0.2) is 4.79 Å². The minimum atomic E-state index is -0.648. The molecule has 8 nitrogen and oxygen atoms in total. The smallest absolute Gasteiger partial charge is 0.337 e. The number of nitrogens with zero attached hydrogens (tertiary/aromatic N) is 3. The maximum absolute atomic E-state index is 12.8. The van der Waals surface area contributed by atoms with Gasteiger partial charge < -0.3 is 15.8 Å². The molecule has 0 aliphatic heterocycles. The summed E-state index contributed by atoms with van der Waals surface area (Å²) in [6.45, 7) is 1.71. The Morgan fingerprint density at radius 2 is 1.93 bits per heavy atom. The summed E-state index contributed by atoms with van der Waals surface area (Å²) < 4.78 is 6.30. The van der Waals surface area contributed by atoms with Crippen LogP contribution in [0.1, 0.15) is 28.9 Å². The molecule has 0 aliphatic carbocycles. The molecule has 0 fully saturated rings. The van der Waals surface area contributed by atoms with Gasteiger partial charge in [0.05, 0.1) is 12.7 Å². The second-order valence-electron chi connectivity index (χ2n) is 6.22. The van der Waals surface area contributed by atoms with Crippen LogP contribution in [0.15, 0.2) is 59.8 Å². The predicted molar refractivity (Wildman–Crippen MR) is 112 cm³/mol. The van der Waals surface area contributed by atoms with E-state index in [1.165, 1.54) is 18.9 Å². The fourth-order valence-electron chi connectivity index (χ4n) is 2.68. The number of nitrogen functional groups attached to an aromatic ring is 1. The number of methoxy groups -OCH3 is 1. The monoisotopic (exact) mass is 411 g/mol. The van der Waals surface area contributed by atoms with Crippen molar-refractivity contribution in [3.05, 3.63) is 65.7 Å². The number of nitrogens with two attached hydrogens (primary N) is 1. The number of aromatic nitrogens is 3. The molecule has 0 radical (unpaired) electrons. The number of anilines is 2. The van der Waals surface area contributed by atoms with E-state index in [2.05, 4.69) is 15.5 Å². The number of amides is 1. The molecule has 1 amide bonds. The van der Waals surface area contributed by atoms with Crippen LogP contribution in [0.5, 0.6) is 0 Å². The lowest BCUT2D eigenvalue weighted by Gasteiger charge is -2.16. The zero-order valence-electron chi connectivity index (χ0n) is 16.0. The molecule has 0 spiro atoms. The number of benzene rings is 2. The molecule has 0 bridgehead atoms. The zero-order chi connectivity index (χ0) is 20.8. The van der Waals surface area contributed by atoms with Crippen molar-refractivity contribution in [1.82, 2.24) is 14.8 Å². The summed E-state index contributed by atoms with van der Waals surface area (Å²) in [5.74, 6) is 0.0532. The Morgan fingerprint density at radius 1 is 1.17 bits per heavy atom. The summed E-state index contributed by atoms with van der Waals surface area (Å²) in [6, 6.07) is 15.8. The fraction of sp³-hybridized carbons (Fsp3) is 0.200. The number of esters is 1. The van der Waals surface area contributed by atoms with Crippen LogP contribution in [0.25, 0.3) is 0 Å². The van der Waals surface area contributed by atoms with Crippen molar-refractivity contribution in [3.63, 3.8) is 0 Å². The number of carbonyl (C=O) groups excluding carboxylic acids is 2. The maximum Gasteiger partial charge on any atom is 0.337 e. The fourth-order valence-corrected chi connectivity index (χ4v) is 3.66. The maximum atomic E-state index is 12.8. The molecule has 150 valence electrons. The highest BCUT2D eigenvalue weighted by Gasteiger charge is 2.22. The van der Waals surface area contributed by atoms with E-state index in [0.717, 1.165) is 5.56 Å². The van der Waals surface area contributed by atoms with Gasteiger partial charge in [-0.05, 0) is 30.7 Å². The first-order valence-corrected chi connectivity index (χ1v) is 9.84. The van der Waals surface area contributed by atoms with E-state index in [9.17, 15) is 9.59 Å². The third-order valence-electron chi connectivity index (χ3n) is 4.22. The minimum absolute atomic E-state index is 0.159. The number of hydrogen-bond donors (Lipinski definition) is 2. The lowest BCUT2D eigenvalue weighted by Crippen LogP contribution is -2.25. The van der Waals surface area contributed by atoms with Crippen molar-refractivity contribution < 1.29 is 14.3 Å². The van der Waals surface area contributed by atoms with Crippen LogP contribution >= 0.6 is 11.8 Å². The zero-order valence-corrected chi connectivity index (χ0v) is 16.8. The van der Waals surface area contributed by atoms with Crippen LogP contribution in [0.2, 0.25) is 0 Å². The van der Waals surface area contributed by atoms with Gasteiger partial charge in [0.15, 0.2) is 5.16 Å². The van der Waals surface area contributed by atoms with Gasteiger partial charge in [0.1, 0.15) is 6.04 Å². The molecule has 3 N–H and O–H groups in total. The lowest BCUT2D eigenvalue weighted by molar-refractivity contribution is -0.118. The Balaban J connectivity index is 1.73. The van der Waals surface area contributed by atoms with E-state index >= 15 is 0 Å². The van der Waals surface area contributed by atoms with E-state index in [4.69, 9.17) is 10.5 Å². The molecule has 9 heteroatoms. The molecule has 1 aromatic heterocycles. The van der Waals surface area contributed by atoms with Crippen LogP contribution in [0.4, 0.5) is 11.6 Å². The first-order chi connectivity index (χ1) is 14.0. The summed E-state index contributed by atoms with van der Waals surface area (Å²) >= 11 is 1.45. The van der Waals surface area contributed by atoms with Gasteiger partial charge >= 0.3 is 5.97 Å². The molecular weight excluding hydrogens is 390 g/mol. The molecule has 2 aromatic carbocycles. The normalized spacial score (nSPS) is 11.7. The Bertz CT molecular complexity index is 1010. The third-order valence-corrected chi connectivity index (χ3v) is 5.23. The second-order valence-corrected chi connectivity index (χ2v) is 7.17. The third kappa shape index (κ3) is 4.94. The van der Waals surface area contributed by atoms with Crippen molar-refractivity contribution in [2.24, 2.45) is 0 Å². The van der Waals surface area contributed by atoms with E-state index in [0.29, 0.717) is 22.2 Å². The number of thioether (sulfide) groups is 1. The number of rotatable bonds is 7. The summed E-state index contributed by atoms with van der Waals surface area (Å²) in [7, 11) is 1.30. The van der Waals surface area contributed by atoms with Gasteiger partial charge in [-0.15, -0.1) is 10.2 Å². The number of carbonyl (C=O) groups is 2. The van der Waals surface area contributed by atoms with Gasteiger partial charge in [-0.1, -0.05) is 48.2 Å². The van der Waals surface area contributed by atoms with Crippen LogP contribution in [-0.4, -0.2) is 33.8 Å². The Kier molecular flexibility index (Phi) is 6.50. The van der Waals surface area contributed by atoms with E-state index in [-0.39, 0.29) is 11.9 Å². The second kappa shape index (κ2) is 9.24.